The zero-order chi connectivity index (χ0) is 21.1. The van der Waals surface area contributed by atoms with Crippen LogP contribution in [0.15, 0.2) is 47.1 Å². The summed E-state index contributed by atoms with van der Waals surface area (Å²) < 4.78 is 14.9. The molecule has 0 spiro atoms. The smallest absolute Gasteiger partial charge is 0.321 e. The van der Waals surface area contributed by atoms with Crippen molar-refractivity contribution in [2.24, 2.45) is 0 Å². The lowest BCUT2D eigenvalue weighted by atomic mass is 10.2. The van der Waals surface area contributed by atoms with Crippen molar-refractivity contribution in [2.75, 3.05) is 20.3 Å². The summed E-state index contributed by atoms with van der Waals surface area (Å²) in [5, 5.41) is 6.99. The molecule has 0 saturated heterocycles. The Morgan fingerprint density at radius 3 is 2.55 bits per heavy atom. The topological polar surface area (TPSA) is 136 Å². The number of para-hydroxylation sites is 1. The van der Waals surface area contributed by atoms with Crippen molar-refractivity contribution in [1.82, 2.24) is 16.0 Å². The van der Waals surface area contributed by atoms with Crippen LogP contribution in [-0.4, -0.2) is 44.1 Å². The predicted molar refractivity (Wildman–Crippen MR) is 100.0 cm³/mol. The molecular weight excluding hydrogens is 382 g/mol. The molecule has 1 aromatic heterocycles. The summed E-state index contributed by atoms with van der Waals surface area (Å²) >= 11 is 0. The van der Waals surface area contributed by atoms with E-state index in [1.807, 2.05) is 5.32 Å². The minimum atomic E-state index is -0.784. The zero-order valence-electron chi connectivity index (χ0n) is 15.7. The first-order valence-corrected chi connectivity index (χ1v) is 8.66. The van der Waals surface area contributed by atoms with Gasteiger partial charge in [-0.25, -0.2) is 4.79 Å². The van der Waals surface area contributed by atoms with Crippen LogP contribution in [-0.2, 0) is 20.9 Å². The van der Waals surface area contributed by atoms with Crippen LogP contribution in [0.5, 0.6) is 5.75 Å². The fourth-order valence-corrected chi connectivity index (χ4v) is 2.21. The largest absolute Gasteiger partial charge is 0.496 e. The Morgan fingerprint density at radius 2 is 1.83 bits per heavy atom. The minimum absolute atomic E-state index is 0.0148. The molecule has 10 heteroatoms. The van der Waals surface area contributed by atoms with Gasteiger partial charge in [-0.2, -0.15) is 0 Å². The highest BCUT2D eigenvalue weighted by Gasteiger charge is 2.13. The lowest BCUT2D eigenvalue weighted by Crippen LogP contribution is -2.41. The van der Waals surface area contributed by atoms with Gasteiger partial charge >= 0.3 is 12.0 Å². The van der Waals surface area contributed by atoms with Gasteiger partial charge in [0.15, 0.2) is 6.61 Å². The van der Waals surface area contributed by atoms with Gasteiger partial charge in [0.05, 0.1) is 31.9 Å². The number of amides is 4. The Hall–Kier alpha value is -3.82. The van der Waals surface area contributed by atoms with Crippen molar-refractivity contribution in [2.45, 2.75) is 13.0 Å². The van der Waals surface area contributed by atoms with Gasteiger partial charge in [-0.3, -0.25) is 19.7 Å². The van der Waals surface area contributed by atoms with E-state index in [2.05, 4.69) is 10.6 Å². The number of furan rings is 1. The maximum absolute atomic E-state index is 12.1. The lowest BCUT2D eigenvalue weighted by molar-refractivity contribution is -0.148. The van der Waals surface area contributed by atoms with E-state index in [1.165, 1.54) is 13.4 Å². The van der Waals surface area contributed by atoms with E-state index in [0.717, 1.165) is 0 Å². The first-order chi connectivity index (χ1) is 14.0. The number of carbonyl (C=O) groups excluding carboxylic acids is 4. The number of methoxy groups -OCH3 is 1. The van der Waals surface area contributed by atoms with Gasteiger partial charge in [0, 0.05) is 6.54 Å². The molecule has 0 aliphatic rings. The third-order valence-corrected chi connectivity index (χ3v) is 3.59. The monoisotopic (exact) mass is 403 g/mol. The fourth-order valence-electron chi connectivity index (χ4n) is 2.21. The molecule has 0 aliphatic carbocycles. The quantitative estimate of drug-likeness (QED) is 0.531. The lowest BCUT2D eigenvalue weighted by Gasteiger charge is -2.09. The van der Waals surface area contributed by atoms with E-state index in [0.29, 0.717) is 17.1 Å². The molecule has 1 aromatic carbocycles. The minimum Gasteiger partial charge on any atom is -0.496 e. The van der Waals surface area contributed by atoms with Gasteiger partial charge in [-0.05, 0) is 24.3 Å². The molecule has 2 rings (SSSR count). The molecule has 4 amide bonds. The fraction of sp³-hybridized carbons (Fsp3) is 0.263. The zero-order valence-corrected chi connectivity index (χ0v) is 15.7. The normalized spacial score (nSPS) is 9.97. The highest BCUT2D eigenvalue weighted by Crippen LogP contribution is 2.16. The Labute approximate surface area is 166 Å². The highest BCUT2D eigenvalue weighted by atomic mass is 16.5. The van der Waals surface area contributed by atoms with Gasteiger partial charge in [-0.15, -0.1) is 0 Å². The number of ether oxygens (including phenoxy) is 2. The molecule has 29 heavy (non-hydrogen) atoms. The summed E-state index contributed by atoms with van der Waals surface area (Å²) in [5.74, 6) is -0.949. The van der Waals surface area contributed by atoms with Crippen LogP contribution < -0.4 is 20.7 Å². The molecule has 0 unspecified atom stereocenters. The van der Waals surface area contributed by atoms with Crippen LogP contribution in [0, 0.1) is 0 Å². The van der Waals surface area contributed by atoms with Crippen molar-refractivity contribution in [3.05, 3.63) is 54.0 Å². The SMILES string of the molecule is COc1ccccc1C(=O)NCCC(=O)OCC(=O)NC(=O)NCc1ccco1. The van der Waals surface area contributed by atoms with E-state index in [9.17, 15) is 19.2 Å². The molecule has 0 atom stereocenters. The van der Waals surface area contributed by atoms with Crippen LogP contribution in [0.2, 0.25) is 0 Å². The maximum atomic E-state index is 12.1. The van der Waals surface area contributed by atoms with Gasteiger partial charge in [0.1, 0.15) is 11.5 Å². The third-order valence-electron chi connectivity index (χ3n) is 3.59. The van der Waals surface area contributed by atoms with Crippen LogP contribution in [0.4, 0.5) is 4.79 Å². The number of urea groups is 1. The van der Waals surface area contributed by atoms with Crippen LogP contribution in [0.1, 0.15) is 22.5 Å². The average molecular weight is 403 g/mol. The predicted octanol–water partition coefficient (Wildman–Crippen LogP) is 0.977. The molecule has 0 saturated carbocycles. The summed E-state index contributed by atoms with van der Waals surface area (Å²) in [6.07, 6.45) is 1.32. The molecule has 0 radical (unpaired) electrons. The number of nitrogens with one attached hydrogen (secondary N) is 3. The number of hydrogen-bond acceptors (Lipinski definition) is 7. The van der Waals surface area contributed by atoms with E-state index in [-0.39, 0.29) is 19.5 Å². The molecule has 0 aliphatic heterocycles. The summed E-state index contributed by atoms with van der Waals surface area (Å²) in [5.41, 5.74) is 0.336. The summed E-state index contributed by atoms with van der Waals surface area (Å²) in [4.78, 5) is 46.9. The Balaban J connectivity index is 1.61. The molecule has 3 N–H and O–H groups in total. The molecule has 0 bridgehead atoms. The van der Waals surface area contributed by atoms with Crippen molar-refractivity contribution in [3.63, 3.8) is 0 Å². The average Bonchev–Trinajstić information content (AvgIpc) is 3.24. The van der Waals surface area contributed by atoms with E-state index in [4.69, 9.17) is 13.9 Å². The summed E-state index contributed by atoms with van der Waals surface area (Å²) in [7, 11) is 1.45. The third kappa shape index (κ3) is 7.37. The molecular formula is C19H21N3O7. The Kier molecular flexibility index (Phi) is 8.24. The summed E-state index contributed by atoms with van der Waals surface area (Å²) in [6.45, 7) is -0.494. The van der Waals surface area contributed by atoms with E-state index in [1.54, 1.807) is 36.4 Å². The standard InChI is InChI=1S/C19H21N3O7/c1-27-15-7-3-2-6-14(15)18(25)20-9-8-17(24)29-12-16(23)22-19(26)21-11-13-5-4-10-28-13/h2-7,10H,8-9,11-12H2,1H3,(H,20,25)(H2,21,22,23,26). The number of imide groups is 1. The number of carbonyl (C=O) groups is 4. The van der Waals surface area contributed by atoms with Gasteiger partial charge in [0.25, 0.3) is 11.8 Å². The van der Waals surface area contributed by atoms with Crippen LogP contribution >= 0.6 is 0 Å². The van der Waals surface area contributed by atoms with Gasteiger partial charge in [-0.1, -0.05) is 12.1 Å². The molecule has 154 valence electrons. The molecule has 10 nitrogen and oxygen atoms in total. The van der Waals surface area contributed by atoms with Crippen LogP contribution in [0.25, 0.3) is 0 Å². The van der Waals surface area contributed by atoms with Crippen molar-refractivity contribution >= 4 is 23.8 Å². The van der Waals surface area contributed by atoms with Crippen molar-refractivity contribution in [3.8, 4) is 5.75 Å². The second-order valence-electron chi connectivity index (χ2n) is 5.68. The second-order valence-corrected chi connectivity index (χ2v) is 5.68. The Bertz CT molecular complexity index is 849. The maximum Gasteiger partial charge on any atom is 0.321 e. The van der Waals surface area contributed by atoms with Crippen LogP contribution in [0.3, 0.4) is 0 Å². The first-order valence-electron chi connectivity index (χ1n) is 8.66. The Morgan fingerprint density at radius 1 is 1.03 bits per heavy atom. The number of esters is 1. The van der Waals surface area contributed by atoms with Crippen molar-refractivity contribution in [1.29, 1.82) is 0 Å². The molecule has 1 heterocycles. The molecule has 0 fully saturated rings. The van der Waals surface area contributed by atoms with E-state index >= 15 is 0 Å². The first kappa shape index (κ1) is 21.5. The van der Waals surface area contributed by atoms with Gasteiger partial charge < -0.3 is 24.5 Å². The number of benzene rings is 1. The number of hydrogen-bond donors (Lipinski definition) is 3. The van der Waals surface area contributed by atoms with Crippen molar-refractivity contribution < 1.29 is 33.1 Å². The molecule has 2 aromatic rings. The van der Waals surface area contributed by atoms with Gasteiger partial charge in [0.2, 0.25) is 0 Å². The highest BCUT2D eigenvalue weighted by molar-refractivity contribution is 5.97. The van der Waals surface area contributed by atoms with E-state index < -0.39 is 30.4 Å². The second kappa shape index (κ2) is 11.1. The number of rotatable bonds is 9. The summed E-state index contributed by atoms with van der Waals surface area (Å²) in [6, 6.07) is 9.24.